The average molecular weight is 265 g/mol. The molecule has 0 atom stereocenters. The number of nitrogens with zero attached hydrogens (tertiary/aromatic N) is 4. The maximum Gasteiger partial charge on any atom is 0.272 e. The molecule has 1 aliphatic rings. The van der Waals surface area contributed by atoms with E-state index >= 15 is 0 Å². The minimum Gasteiger partial charge on any atom is -0.299 e. The predicted molar refractivity (Wildman–Crippen MR) is 73.1 cm³/mol. The molecule has 5 heterocycles. The Morgan fingerprint density at radius 1 is 1.26 bits per heavy atom. The first-order valence-corrected chi connectivity index (χ1v) is 6.95. The van der Waals surface area contributed by atoms with Crippen LogP contribution in [0, 0.1) is 0 Å². The summed E-state index contributed by atoms with van der Waals surface area (Å²) in [5, 5.41) is 1.31. The van der Waals surface area contributed by atoms with E-state index in [0.29, 0.717) is 0 Å². The SMILES string of the molecule is c1cnc2c(c1)-c1sc3c4ccncn4cc3[n+]1C2. The largest absolute Gasteiger partial charge is 0.299 e. The van der Waals surface area contributed by atoms with E-state index in [-0.39, 0.29) is 0 Å². The molecule has 0 saturated carbocycles. The van der Waals surface area contributed by atoms with Gasteiger partial charge < -0.3 is 0 Å². The highest BCUT2D eigenvalue weighted by Gasteiger charge is 2.33. The van der Waals surface area contributed by atoms with Gasteiger partial charge in [-0.2, -0.15) is 4.57 Å². The first kappa shape index (κ1) is 9.63. The van der Waals surface area contributed by atoms with Crippen molar-refractivity contribution in [2.24, 2.45) is 0 Å². The standard InChI is InChI=1S/C14H9N4S/c1-2-9-10(16-4-1)6-18-12-7-17-8-15-5-3-11(17)13(12)19-14(9)18/h1-5,7-8H,6H2/q+1. The Kier molecular flexibility index (Phi) is 1.62. The lowest BCUT2D eigenvalue weighted by atomic mass is 10.2. The van der Waals surface area contributed by atoms with Crippen molar-refractivity contribution in [3.63, 3.8) is 0 Å². The summed E-state index contributed by atoms with van der Waals surface area (Å²) in [5.74, 6) is 0. The molecule has 0 spiro atoms. The van der Waals surface area contributed by atoms with Crippen LogP contribution in [0.25, 0.3) is 26.3 Å². The fourth-order valence-corrected chi connectivity index (χ4v) is 4.12. The summed E-state index contributed by atoms with van der Waals surface area (Å²) >= 11 is 1.84. The fourth-order valence-electron chi connectivity index (χ4n) is 2.81. The molecule has 0 unspecified atom stereocenters. The van der Waals surface area contributed by atoms with Gasteiger partial charge in [-0.15, -0.1) is 0 Å². The van der Waals surface area contributed by atoms with Crippen LogP contribution in [-0.2, 0) is 6.54 Å². The van der Waals surface area contributed by atoms with Gasteiger partial charge >= 0.3 is 0 Å². The number of aromatic nitrogens is 4. The van der Waals surface area contributed by atoms with Crippen molar-refractivity contribution >= 4 is 27.1 Å². The molecule has 5 rings (SSSR count). The van der Waals surface area contributed by atoms with Gasteiger partial charge in [0.25, 0.3) is 5.01 Å². The summed E-state index contributed by atoms with van der Waals surface area (Å²) in [5.41, 5.74) is 4.94. The van der Waals surface area contributed by atoms with E-state index in [2.05, 4.69) is 37.3 Å². The first-order chi connectivity index (χ1) is 9.42. The predicted octanol–water partition coefficient (Wildman–Crippen LogP) is 2.26. The third-order valence-electron chi connectivity index (χ3n) is 3.68. The second kappa shape index (κ2) is 3.19. The summed E-state index contributed by atoms with van der Waals surface area (Å²) in [6, 6.07) is 6.24. The number of pyridine rings is 1. The van der Waals surface area contributed by atoms with Crippen molar-refractivity contribution in [2.75, 3.05) is 0 Å². The van der Waals surface area contributed by atoms with Gasteiger partial charge in [0.1, 0.15) is 10.4 Å². The number of fused-ring (bicyclic) bond motifs is 7. The molecule has 0 N–H and O–H groups in total. The molecular weight excluding hydrogens is 256 g/mol. The molecule has 0 bridgehead atoms. The van der Waals surface area contributed by atoms with Crippen molar-refractivity contribution in [1.29, 1.82) is 0 Å². The molecule has 0 aromatic carbocycles. The Balaban J connectivity index is 1.93. The lowest BCUT2D eigenvalue weighted by Gasteiger charge is -1.90. The van der Waals surface area contributed by atoms with E-state index in [9.17, 15) is 0 Å². The lowest BCUT2D eigenvalue weighted by Crippen LogP contribution is -2.30. The summed E-state index contributed by atoms with van der Waals surface area (Å²) in [4.78, 5) is 8.64. The second-order valence-corrected chi connectivity index (χ2v) is 5.71. The van der Waals surface area contributed by atoms with E-state index < -0.39 is 0 Å². The molecular formula is C14H9N4S+. The summed E-state index contributed by atoms with van der Waals surface area (Å²) in [6.45, 7) is 0.871. The van der Waals surface area contributed by atoms with Crippen LogP contribution in [0.5, 0.6) is 0 Å². The van der Waals surface area contributed by atoms with Gasteiger partial charge in [0.15, 0.2) is 6.54 Å². The first-order valence-electron chi connectivity index (χ1n) is 6.13. The smallest absolute Gasteiger partial charge is 0.272 e. The zero-order valence-corrected chi connectivity index (χ0v) is 10.8. The number of thiazole rings is 1. The van der Waals surface area contributed by atoms with Gasteiger partial charge in [-0.05, 0) is 18.2 Å². The fraction of sp³-hybridized carbons (Fsp3) is 0.0714. The molecule has 4 aromatic rings. The molecule has 0 aliphatic carbocycles. The number of rotatable bonds is 0. The average Bonchev–Trinajstić information content (AvgIpc) is 3.07. The zero-order chi connectivity index (χ0) is 12.4. The molecule has 0 saturated heterocycles. The Bertz CT molecular complexity index is 951. The van der Waals surface area contributed by atoms with Crippen LogP contribution in [0.1, 0.15) is 5.69 Å². The van der Waals surface area contributed by atoms with E-state index in [4.69, 9.17) is 0 Å². The summed E-state index contributed by atoms with van der Waals surface area (Å²) in [6.07, 6.45) is 7.73. The van der Waals surface area contributed by atoms with Crippen molar-refractivity contribution in [2.45, 2.75) is 6.54 Å². The Hall–Kier alpha value is -2.27. The highest BCUT2D eigenvalue weighted by molar-refractivity contribution is 7.22. The van der Waals surface area contributed by atoms with Crippen LogP contribution in [0.4, 0.5) is 0 Å². The van der Waals surface area contributed by atoms with E-state index in [1.54, 1.807) is 0 Å². The van der Waals surface area contributed by atoms with Crippen LogP contribution in [0.3, 0.4) is 0 Å². The van der Waals surface area contributed by atoms with Gasteiger partial charge in [0.05, 0.1) is 23.6 Å². The topological polar surface area (TPSA) is 34.1 Å². The second-order valence-electron chi connectivity index (χ2n) is 4.71. The normalized spacial score (nSPS) is 13.1. The van der Waals surface area contributed by atoms with Crippen molar-refractivity contribution in [3.8, 4) is 10.6 Å². The third-order valence-corrected chi connectivity index (χ3v) is 4.93. The van der Waals surface area contributed by atoms with Gasteiger partial charge in [-0.1, -0.05) is 11.3 Å². The molecule has 0 fully saturated rings. The van der Waals surface area contributed by atoms with Crippen LogP contribution in [-0.4, -0.2) is 14.4 Å². The molecule has 5 heteroatoms. The van der Waals surface area contributed by atoms with E-state index in [0.717, 1.165) is 6.54 Å². The Labute approximate surface area is 112 Å². The summed E-state index contributed by atoms with van der Waals surface area (Å²) < 4.78 is 5.77. The Morgan fingerprint density at radius 3 is 3.26 bits per heavy atom. The molecule has 4 nitrogen and oxygen atoms in total. The maximum atomic E-state index is 4.47. The van der Waals surface area contributed by atoms with Gasteiger partial charge in [0.2, 0.25) is 5.52 Å². The van der Waals surface area contributed by atoms with Crippen LogP contribution in [0.2, 0.25) is 0 Å². The number of hydrogen-bond acceptors (Lipinski definition) is 3. The lowest BCUT2D eigenvalue weighted by molar-refractivity contribution is -0.642. The molecule has 90 valence electrons. The minimum absolute atomic E-state index is 0.871. The molecule has 4 aromatic heterocycles. The van der Waals surface area contributed by atoms with Gasteiger partial charge in [-0.25, -0.2) is 4.98 Å². The monoisotopic (exact) mass is 265 g/mol. The molecule has 19 heavy (non-hydrogen) atoms. The van der Waals surface area contributed by atoms with E-state index in [1.165, 1.54) is 32.0 Å². The maximum absolute atomic E-state index is 4.47. The van der Waals surface area contributed by atoms with Gasteiger partial charge in [0, 0.05) is 12.4 Å². The van der Waals surface area contributed by atoms with Crippen LogP contribution in [0.15, 0.2) is 43.1 Å². The quantitative estimate of drug-likeness (QED) is 0.402. The molecule has 0 radical (unpaired) electrons. The van der Waals surface area contributed by atoms with Crippen molar-refractivity contribution in [3.05, 3.63) is 48.8 Å². The number of hydrogen-bond donors (Lipinski definition) is 0. The molecule has 1 aliphatic heterocycles. The van der Waals surface area contributed by atoms with Crippen LogP contribution >= 0.6 is 11.3 Å². The molecule has 0 amide bonds. The third kappa shape index (κ3) is 1.11. The Morgan fingerprint density at radius 2 is 2.26 bits per heavy atom. The highest BCUT2D eigenvalue weighted by Crippen LogP contribution is 2.36. The highest BCUT2D eigenvalue weighted by atomic mass is 32.1. The van der Waals surface area contributed by atoms with E-state index in [1.807, 2.05) is 36.1 Å². The van der Waals surface area contributed by atoms with Crippen molar-refractivity contribution in [1.82, 2.24) is 14.4 Å². The summed E-state index contributed by atoms with van der Waals surface area (Å²) in [7, 11) is 0. The van der Waals surface area contributed by atoms with Crippen LogP contribution < -0.4 is 4.57 Å². The van der Waals surface area contributed by atoms with Crippen molar-refractivity contribution < 1.29 is 4.57 Å². The zero-order valence-electron chi connectivity index (χ0n) is 9.95. The minimum atomic E-state index is 0.871. The van der Waals surface area contributed by atoms with Gasteiger partial charge in [-0.3, -0.25) is 9.38 Å².